The zero-order valence-electron chi connectivity index (χ0n) is 12.5. The molecule has 1 aliphatic rings. The maximum Gasteiger partial charge on any atom is 0.0110 e. The average Bonchev–Trinajstić information content (AvgIpc) is 2.24. The third kappa shape index (κ3) is 7.77. The lowest BCUT2D eigenvalue weighted by Gasteiger charge is -2.32. The van der Waals surface area contributed by atoms with Crippen LogP contribution in [0.3, 0.4) is 0 Å². The largest absolute Gasteiger partial charge is 0.304 e. The average molecular weight is 240 g/mol. The summed E-state index contributed by atoms with van der Waals surface area (Å²) in [6.07, 6.45) is 7.02. The second-order valence-electron chi connectivity index (χ2n) is 6.87. The summed E-state index contributed by atoms with van der Waals surface area (Å²) in [5.41, 5.74) is 0.525. The number of nitrogens with zero attached hydrogens (tertiary/aromatic N) is 2. The van der Waals surface area contributed by atoms with E-state index in [4.69, 9.17) is 0 Å². The van der Waals surface area contributed by atoms with Crippen LogP contribution in [-0.2, 0) is 0 Å². The summed E-state index contributed by atoms with van der Waals surface area (Å²) in [6.45, 7) is 13.4. The Bertz CT molecular complexity index is 188. The molecule has 0 aromatic heterocycles. The number of unbranched alkanes of at least 4 members (excludes halogenated alkanes) is 3. The lowest BCUT2D eigenvalue weighted by molar-refractivity contribution is 0.152. The molecule has 1 rings (SSSR count). The van der Waals surface area contributed by atoms with Crippen molar-refractivity contribution >= 4 is 0 Å². The van der Waals surface area contributed by atoms with Crippen molar-refractivity contribution < 1.29 is 0 Å². The van der Waals surface area contributed by atoms with E-state index in [0.717, 1.165) is 0 Å². The predicted octanol–water partition coefficient (Wildman–Crippen LogP) is 3.23. The summed E-state index contributed by atoms with van der Waals surface area (Å²) in [5.74, 6) is 0. The van der Waals surface area contributed by atoms with E-state index >= 15 is 0 Å². The Labute approximate surface area is 108 Å². The maximum atomic E-state index is 2.63. The van der Waals surface area contributed by atoms with Crippen LogP contribution in [0.15, 0.2) is 0 Å². The fourth-order valence-corrected chi connectivity index (χ4v) is 2.42. The summed E-state index contributed by atoms with van der Waals surface area (Å²) in [4.78, 5) is 5.06. The molecule has 17 heavy (non-hydrogen) atoms. The molecule has 0 radical (unpaired) electrons. The molecule has 0 amide bonds. The van der Waals surface area contributed by atoms with Crippen LogP contribution in [0.25, 0.3) is 0 Å². The minimum absolute atomic E-state index is 0.525. The molecular weight excluding hydrogens is 208 g/mol. The third-order valence-electron chi connectivity index (χ3n) is 3.75. The zero-order valence-corrected chi connectivity index (χ0v) is 12.5. The van der Waals surface area contributed by atoms with E-state index in [0.29, 0.717) is 5.41 Å². The molecule has 0 aliphatic carbocycles. The van der Waals surface area contributed by atoms with Crippen LogP contribution in [0.1, 0.15) is 52.9 Å². The van der Waals surface area contributed by atoms with Gasteiger partial charge in [-0.2, -0.15) is 0 Å². The zero-order chi connectivity index (χ0) is 12.7. The molecule has 1 saturated heterocycles. The Hall–Kier alpha value is -0.0800. The highest BCUT2D eigenvalue weighted by Crippen LogP contribution is 2.22. The van der Waals surface area contributed by atoms with Gasteiger partial charge < -0.3 is 9.80 Å². The number of hydrogen-bond donors (Lipinski definition) is 0. The quantitative estimate of drug-likeness (QED) is 0.658. The molecule has 0 atom stereocenters. The molecule has 1 aliphatic heterocycles. The minimum atomic E-state index is 0.525. The molecule has 2 nitrogen and oxygen atoms in total. The van der Waals surface area contributed by atoms with E-state index in [9.17, 15) is 0 Å². The first-order valence-electron chi connectivity index (χ1n) is 7.38. The monoisotopic (exact) mass is 240 g/mol. The van der Waals surface area contributed by atoms with Gasteiger partial charge in [0, 0.05) is 26.2 Å². The highest BCUT2D eigenvalue weighted by Gasteiger charge is 2.13. The fraction of sp³-hybridized carbons (Fsp3) is 1.00. The third-order valence-corrected chi connectivity index (χ3v) is 3.75. The normalized spacial score (nSPS) is 19.8. The molecule has 102 valence electrons. The molecule has 0 spiro atoms. The Balaban J connectivity index is 1.91. The van der Waals surface area contributed by atoms with Crippen molar-refractivity contribution in [2.45, 2.75) is 52.9 Å². The van der Waals surface area contributed by atoms with Crippen molar-refractivity contribution in [3.05, 3.63) is 0 Å². The van der Waals surface area contributed by atoms with E-state index in [1.807, 2.05) is 0 Å². The lowest BCUT2D eigenvalue weighted by atomic mass is 9.89. The van der Waals surface area contributed by atoms with Crippen LogP contribution in [0, 0.1) is 5.41 Å². The van der Waals surface area contributed by atoms with Gasteiger partial charge >= 0.3 is 0 Å². The van der Waals surface area contributed by atoms with Crippen molar-refractivity contribution in [3.8, 4) is 0 Å². The Kier molecular flexibility index (Phi) is 6.50. The van der Waals surface area contributed by atoms with Gasteiger partial charge in [-0.05, 0) is 31.8 Å². The molecule has 1 heterocycles. The van der Waals surface area contributed by atoms with Crippen molar-refractivity contribution in [2.24, 2.45) is 5.41 Å². The topological polar surface area (TPSA) is 6.48 Å². The molecule has 1 fully saturated rings. The molecule has 0 N–H and O–H groups in total. The summed E-state index contributed by atoms with van der Waals surface area (Å²) in [7, 11) is 2.23. The Morgan fingerprint density at radius 2 is 1.41 bits per heavy atom. The molecule has 0 saturated carbocycles. The van der Waals surface area contributed by atoms with E-state index in [2.05, 4.69) is 37.6 Å². The van der Waals surface area contributed by atoms with Gasteiger partial charge in [-0.25, -0.2) is 0 Å². The summed E-state index contributed by atoms with van der Waals surface area (Å²) in [6, 6.07) is 0. The highest BCUT2D eigenvalue weighted by molar-refractivity contribution is 4.69. The molecular formula is C15H32N2. The Morgan fingerprint density at radius 1 is 0.824 bits per heavy atom. The van der Waals surface area contributed by atoms with Crippen molar-refractivity contribution in [2.75, 3.05) is 39.8 Å². The highest BCUT2D eigenvalue weighted by atomic mass is 15.2. The first-order valence-corrected chi connectivity index (χ1v) is 7.38. The number of likely N-dealkylation sites (N-methyl/N-ethyl adjacent to an activating group) is 1. The van der Waals surface area contributed by atoms with E-state index in [1.54, 1.807) is 0 Å². The molecule has 0 aromatic rings. The standard InChI is InChI=1S/C15H32N2/c1-15(2,3)9-7-5-6-8-10-17-13-11-16(4)12-14-17/h5-14H2,1-4H3. The van der Waals surface area contributed by atoms with Crippen LogP contribution < -0.4 is 0 Å². The number of piperazine rings is 1. The van der Waals surface area contributed by atoms with Crippen LogP contribution in [0.2, 0.25) is 0 Å². The van der Waals surface area contributed by atoms with Crippen LogP contribution in [-0.4, -0.2) is 49.6 Å². The van der Waals surface area contributed by atoms with Gasteiger partial charge in [-0.1, -0.05) is 40.0 Å². The van der Waals surface area contributed by atoms with Gasteiger partial charge in [-0.3, -0.25) is 0 Å². The van der Waals surface area contributed by atoms with Crippen molar-refractivity contribution in [1.29, 1.82) is 0 Å². The minimum Gasteiger partial charge on any atom is -0.304 e. The fourth-order valence-electron chi connectivity index (χ4n) is 2.42. The predicted molar refractivity (Wildman–Crippen MR) is 76.5 cm³/mol. The van der Waals surface area contributed by atoms with Crippen LogP contribution in [0.5, 0.6) is 0 Å². The summed E-state index contributed by atoms with van der Waals surface area (Å²) < 4.78 is 0. The number of rotatable bonds is 6. The maximum absolute atomic E-state index is 2.63. The smallest absolute Gasteiger partial charge is 0.0110 e. The first-order chi connectivity index (χ1) is 7.97. The van der Waals surface area contributed by atoms with Gasteiger partial charge in [0.15, 0.2) is 0 Å². The van der Waals surface area contributed by atoms with Gasteiger partial charge in [-0.15, -0.1) is 0 Å². The van der Waals surface area contributed by atoms with E-state index in [-0.39, 0.29) is 0 Å². The molecule has 0 bridgehead atoms. The van der Waals surface area contributed by atoms with Gasteiger partial charge in [0.2, 0.25) is 0 Å². The second-order valence-corrected chi connectivity index (χ2v) is 6.87. The van der Waals surface area contributed by atoms with E-state index < -0.39 is 0 Å². The lowest BCUT2D eigenvalue weighted by Crippen LogP contribution is -2.44. The summed E-state index contributed by atoms with van der Waals surface area (Å²) in [5, 5.41) is 0. The van der Waals surface area contributed by atoms with E-state index in [1.165, 1.54) is 64.8 Å². The Morgan fingerprint density at radius 3 is 2.00 bits per heavy atom. The molecule has 0 unspecified atom stereocenters. The second kappa shape index (κ2) is 7.38. The molecule has 0 aromatic carbocycles. The van der Waals surface area contributed by atoms with Gasteiger partial charge in [0.05, 0.1) is 0 Å². The summed E-state index contributed by atoms with van der Waals surface area (Å²) >= 11 is 0. The van der Waals surface area contributed by atoms with Crippen molar-refractivity contribution in [1.82, 2.24) is 9.80 Å². The molecule has 2 heteroatoms. The first kappa shape index (κ1) is 15.0. The van der Waals surface area contributed by atoms with Crippen LogP contribution >= 0.6 is 0 Å². The SMILES string of the molecule is CN1CCN(CCCCCCC(C)(C)C)CC1. The number of hydrogen-bond acceptors (Lipinski definition) is 2. The van der Waals surface area contributed by atoms with Gasteiger partial charge in [0.25, 0.3) is 0 Å². The van der Waals surface area contributed by atoms with Crippen molar-refractivity contribution in [3.63, 3.8) is 0 Å². The van der Waals surface area contributed by atoms with Gasteiger partial charge in [0.1, 0.15) is 0 Å². The van der Waals surface area contributed by atoms with Crippen LogP contribution in [0.4, 0.5) is 0 Å².